The zero-order valence-corrected chi connectivity index (χ0v) is 9.05. The molecule has 0 spiro atoms. The van der Waals surface area contributed by atoms with Gasteiger partial charge >= 0.3 is 0 Å². The molecular formula is C9H17FO2S. The molecule has 1 heterocycles. The van der Waals surface area contributed by atoms with Crippen molar-refractivity contribution < 1.29 is 14.2 Å². The van der Waals surface area contributed by atoms with E-state index in [9.17, 15) is 9.50 Å². The van der Waals surface area contributed by atoms with Crippen LogP contribution in [0.1, 0.15) is 20.8 Å². The molecule has 4 atom stereocenters. The van der Waals surface area contributed by atoms with Gasteiger partial charge < -0.3 is 9.84 Å². The van der Waals surface area contributed by atoms with Crippen LogP contribution in [0, 0.1) is 0 Å². The van der Waals surface area contributed by atoms with Crippen LogP contribution >= 0.6 is 11.8 Å². The molecule has 0 amide bonds. The summed E-state index contributed by atoms with van der Waals surface area (Å²) in [5, 5.41) is 9.25. The van der Waals surface area contributed by atoms with E-state index in [0.717, 1.165) is 0 Å². The number of halogens is 1. The Labute approximate surface area is 82.8 Å². The molecular weight excluding hydrogens is 191 g/mol. The molecule has 13 heavy (non-hydrogen) atoms. The topological polar surface area (TPSA) is 29.5 Å². The lowest BCUT2D eigenvalue weighted by Crippen LogP contribution is -2.31. The van der Waals surface area contributed by atoms with Crippen LogP contribution in [0.5, 0.6) is 0 Å². The summed E-state index contributed by atoms with van der Waals surface area (Å²) in [5.41, 5.74) is 0. The molecule has 0 aromatic heterocycles. The molecule has 78 valence electrons. The second-order valence-corrected chi connectivity index (χ2v) is 5.32. The van der Waals surface area contributed by atoms with Gasteiger partial charge in [-0.05, 0) is 13.8 Å². The first kappa shape index (κ1) is 11.3. The fourth-order valence-corrected chi connectivity index (χ4v) is 2.67. The van der Waals surface area contributed by atoms with Crippen LogP contribution in [0.3, 0.4) is 0 Å². The molecule has 1 N–H and O–H groups in total. The summed E-state index contributed by atoms with van der Waals surface area (Å²) < 4.78 is 18.5. The zero-order chi connectivity index (χ0) is 10.0. The van der Waals surface area contributed by atoms with Crippen molar-refractivity contribution in [1.82, 2.24) is 0 Å². The van der Waals surface area contributed by atoms with Gasteiger partial charge in [-0.3, -0.25) is 0 Å². The number of alkyl halides is 1. The highest BCUT2D eigenvalue weighted by Gasteiger charge is 2.41. The van der Waals surface area contributed by atoms with Crippen LogP contribution in [-0.4, -0.2) is 40.6 Å². The Morgan fingerprint density at radius 1 is 1.54 bits per heavy atom. The Hall–Kier alpha value is 0.200. The molecule has 1 aliphatic heterocycles. The molecule has 4 heteroatoms. The Morgan fingerprint density at radius 3 is 2.54 bits per heavy atom. The van der Waals surface area contributed by atoms with Gasteiger partial charge in [-0.2, -0.15) is 0 Å². The lowest BCUT2D eigenvalue weighted by Gasteiger charge is -2.16. The normalized spacial score (nSPS) is 40.2. The third-order valence-electron chi connectivity index (χ3n) is 2.14. The average Bonchev–Trinajstić information content (AvgIpc) is 2.29. The molecule has 0 bridgehead atoms. The Kier molecular flexibility index (Phi) is 4.01. The van der Waals surface area contributed by atoms with Crippen LogP contribution in [-0.2, 0) is 4.74 Å². The summed E-state index contributed by atoms with van der Waals surface area (Å²) in [5.74, 6) is 0. The SMILES string of the molecule is CC(C)OCC1SC(C)C(F)C1O. The van der Waals surface area contributed by atoms with E-state index in [1.807, 2.05) is 13.8 Å². The van der Waals surface area contributed by atoms with E-state index in [4.69, 9.17) is 4.74 Å². The van der Waals surface area contributed by atoms with Gasteiger partial charge in [0.1, 0.15) is 12.3 Å². The lowest BCUT2D eigenvalue weighted by molar-refractivity contribution is 0.0312. The molecule has 1 rings (SSSR count). The fraction of sp³-hybridized carbons (Fsp3) is 1.00. The van der Waals surface area contributed by atoms with Crippen molar-refractivity contribution in [2.24, 2.45) is 0 Å². The van der Waals surface area contributed by atoms with Gasteiger partial charge in [-0.25, -0.2) is 4.39 Å². The summed E-state index contributed by atoms with van der Waals surface area (Å²) in [6.45, 7) is 6.10. The Bertz CT molecular complexity index is 166. The Balaban J connectivity index is 2.35. The maximum absolute atomic E-state index is 13.2. The van der Waals surface area contributed by atoms with Crippen LogP contribution in [0.25, 0.3) is 0 Å². The van der Waals surface area contributed by atoms with Crippen molar-refractivity contribution in [3.8, 4) is 0 Å². The van der Waals surface area contributed by atoms with E-state index in [-0.39, 0.29) is 16.6 Å². The third kappa shape index (κ3) is 2.82. The quantitative estimate of drug-likeness (QED) is 0.764. The molecule has 4 unspecified atom stereocenters. The van der Waals surface area contributed by atoms with E-state index >= 15 is 0 Å². The van der Waals surface area contributed by atoms with Gasteiger partial charge in [0.25, 0.3) is 0 Å². The first-order valence-corrected chi connectivity index (χ1v) is 5.56. The van der Waals surface area contributed by atoms with Gasteiger partial charge in [-0.1, -0.05) is 6.92 Å². The molecule has 2 nitrogen and oxygen atoms in total. The Morgan fingerprint density at radius 2 is 2.15 bits per heavy atom. The maximum Gasteiger partial charge on any atom is 0.139 e. The van der Waals surface area contributed by atoms with Crippen LogP contribution in [0.4, 0.5) is 4.39 Å². The molecule has 0 aromatic carbocycles. The highest BCUT2D eigenvalue weighted by Crippen LogP contribution is 2.36. The van der Waals surface area contributed by atoms with Crippen molar-refractivity contribution in [3.63, 3.8) is 0 Å². The largest absolute Gasteiger partial charge is 0.389 e. The monoisotopic (exact) mass is 208 g/mol. The molecule has 0 aliphatic carbocycles. The number of rotatable bonds is 3. The fourth-order valence-electron chi connectivity index (χ4n) is 1.34. The predicted octanol–water partition coefficient (Wildman–Crippen LogP) is 1.61. The van der Waals surface area contributed by atoms with E-state index in [0.29, 0.717) is 6.61 Å². The van der Waals surface area contributed by atoms with E-state index in [2.05, 4.69) is 0 Å². The van der Waals surface area contributed by atoms with Gasteiger partial charge in [0.05, 0.1) is 18.0 Å². The van der Waals surface area contributed by atoms with Gasteiger partial charge in [-0.15, -0.1) is 11.8 Å². The predicted molar refractivity (Wildman–Crippen MR) is 52.8 cm³/mol. The first-order chi connectivity index (χ1) is 6.02. The summed E-state index contributed by atoms with van der Waals surface area (Å²) >= 11 is 1.47. The second-order valence-electron chi connectivity index (χ2n) is 3.70. The van der Waals surface area contributed by atoms with Crippen LogP contribution < -0.4 is 0 Å². The van der Waals surface area contributed by atoms with Crippen molar-refractivity contribution >= 4 is 11.8 Å². The standard InChI is InChI=1S/C9H17FO2S/c1-5(2)12-4-7-9(11)8(10)6(3)13-7/h5-9,11H,4H2,1-3H3. The lowest BCUT2D eigenvalue weighted by atomic mass is 10.1. The van der Waals surface area contributed by atoms with Crippen molar-refractivity contribution in [3.05, 3.63) is 0 Å². The highest BCUT2D eigenvalue weighted by molar-refractivity contribution is 8.00. The van der Waals surface area contributed by atoms with E-state index in [1.54, 1.807) is 6.92 Å². The number of aliphatic hydroxyl groups is 1. The van der Waals surface area contributed by atoms with E-state index < -0.39 is 12.3 Å². The number of ether oxygens (including phenoxy) is 1. The molecule has 0 aromatic rings. The van der Waals surface area contributed by atoms with Gasteiger partial charge in [0.15, 0.2) is 0 Å². The number of thioether (sulfide) groups is 1. The van der Waals surface area contributed by atoms with E-state index in [1.165, 1.54) is 11.8 Å². The minimum Gasteiger partial charge on any atom is -0.389 e. The number of hydrogen-bond donors (Lipinski definition) is 1. The minimum absolute atomic E-state index is 0.104. The molecule has 1 fully saturated rings. The highest BCUT2D eigenvalue weighted by atomic mass is 32.2. The molecule has 1 aliphatic rings. The van der Waals surface area contributed by atoms with Crippen molar-refractivity contribution in [2.45, 2.75) is 49.7 Å². The smallest absolute Gasteiger partial charge is 0.139 e. The summed E-state index contributed by atoms with van der Waals surface area (Å²) in [7, 11) is 0. The number of aliphatic hydroxyl groups excluding tert-OH is 1. The summed E-state index contributed by atoms with van der Waals surface area (Å²) in [6.07, 6.45) is -1.83. The summed E-state index contributed by atoms with van der Waals surface area (Å²) in [6, 6.07) is 0. The van der Waals surface area contributed by atoms with Gasteiger partial charge in [0, 0.05) is 5.25 Å². The minimum atomic E-state index is -1.11. The molecule has 0 saturated carbocycles. The second kappa shape index (κ2) is 4.62. The van der Waals surface area contributed by atoms with Crippen molar-refractivity contribution in [1.29, 1.82) is 0 Å². The molecule has 0 radical (unpaired) electrons. The first-order valence-electron chi connectivity index (χ1n) is 4.61. The summed E-state index contributed by atoms with van der Waals surface area (Å²) in [4.78, 5) is 0. The third-order valence-corrected chi connectivity index (χ3v) is 3.59. The maximum atomic E-state index is 13.2. The van der Waals surface area contributed by atoms with Crippen LogP contribution in [0.15, 0.2) is 0 Å². The van der Waals surface area contributed by atoms with Crippen molar-refractivity contribution in [2.75, 3.05) is 6.61 Å². The molecule has 1 saturated heterocycles. The van der Waals surface area contributed by atoms with Crippen LogP contribution in [0.2, 0.25) is 0 Å². The zero-order valence-electron chi connectivity index (χ0n) is 8.24. The number of hydrogen-bond acceptors (Lipinski definition) is 3. The average molecular weight is 208 g/mol. The van der Waals surface area contributed by atoms with Gasteiger partial charge in [0.2, 0.25) is 0 Å².